The first kappa shape index (κ1) is 22.2. The number of piperazine rings is 1. The summed E-state index contributed by atoms with van der Waals surface area (Å²) in [5.74, 6) is 0.308. The molecule has 3 aromatic rings. The van der Waals surface area contributed by atoms with Crippen molar-refractivity contribution < 1.29 is 14.3 Å². The lowest BCUT2D eigenvalue weighted by molar-refractivity contribution is -0.150. The molecule has 1 aliphatic heterocycles. The zero-order chi connectivity index (χ0) is 22.5. The highest BCUT2D eigenvalue weighted by atomic mass is 32.1. The fraction of sp³-hybridized carbons (Fsp3) is 0.375. The fourth-order valence-corrected chi connectivity index (χ4v) is 4.76. The number of hydrogen-bond donors (Lipinski definition) is 1. The molecule has 1 atom stereocenters. The van der Waals surface area contributed by atoms with Gasteiger partial charge < -0.3 is 15.0 Å². The van der Waals surface area contributed by atoms with Gasteiger partial charge in [0.15, 0.2) is 6.10 Å². The summed E-state index contributed by atoms with van der Waals surface area (Å²) < 4.78 is 10.9. The van der Waals surface area contributed by atoms with Crippen molar-refractivity contribution in [3.8, 4) is 0 Å². The molecular weight excluding hydrogens is 424 g/mol. The van der Waals surface area contributed by atoms with Crippen LogP contribution in [-0.2, 0) is 20.7 Å². The number of benzene rings is 2. The Kier molecular flexibility index (Phi) is 7.02. The number of para-hydroxylation sites is 1. The first-order chi connectivity index (χ1) is 15.5. The maximum Gasteiger partial charge on any atom is 0.303 e. The van der Waals surface area contributed by atoms with E-state index in [1.807, 2.05) is 24.3 Å². The molecule has 1 aliphatic rings. The van der Waals surface area contributed by atoms with Crippen LogP contribution in [0.25, 0.3) is 10.1 Å². The number of hydrogen-bond acceptors (Lipinski definition) is 7. The molecule has 2 heterocycles. The number of aromatic nitrogens is 1. The summed E-state index contributed by atoms with van der Waals surface area (Å²) in [6, 6.07) is 16.2. The molecule has 1 unspecified atom stereocenters. The minimum Gasteiger partial charge on any atom is -0.453 e. The van der Waals surface area contributed by atoms with Crippen molar-refractivity contribution in [3.63, 3.8) is 0 Å². The van der Waals surface area contributed by atoms with Gasteiger partial charge in [-0.05, 0) is 48.6 Å². The number of esters is 1. The van der Waals surface area contributed by atoms with E-state index in [0.717, 1.165) is 56.2 Å². The smallest absolute Gasteiger partial charge is 0.303 e. The lowest BCUT2D eigenvalue weighted by atomic mass is 10.1. The Labute approximate surface area is 192 Å². The molecule has 32 heavy (non-hydrogen) atoms. The maximum atomic E-state index is 12.3. The van der Waals surface area contributed by atoms with Crippen molar-refractivity contribution in [1.29, 1.82) is 0 Å². The van der Waals surface area contributed by atoms with Crippen molar-refractivity contribution in [2.75, 3.05) is 42.9 Å². The Morgan fingerprint density at radius 1 is 1.09 bits per heavy atom. The Balaban J connectivity index is 1.31. The number of anilines is 2. The van der Waals surface area contributed by atoms with Crippen LogP contribution < -0.4 is 10.2 Å². The van der Waals surface area contributed by atoms with Crippen molar-refractivity contribution >= 4 is 45.0 Å². The van der Waals surface area contributed by atoms with Gasteiger partial charge in [0.2, 0.25) is 0 Å². The molecule has 0 spiro atoms. The van der Waals surface area contributed by atoms with E-state index in [1.165, 1.54) is 17.0 Å². The van der Waals surface area contributed by atoms with E-state index in [0.29, 0.717) is 0 Å². The molecule has 1 saturated heterocycles. The zero-order valence-corrected chi connectivity index (χ0v) is 19.2. The first-order valence-corrected chi connectivity index (χ1v) is 11.7. The summed E-state index contributed by atoms with van der Waals surface area (Å²) in [6.07, 6.45) is 0.00770. The molecule has 8 heteroatoms. The largest absolute Gasteiger partial charge is 0.453 e. The van der Waals surface area contributed by atoms with Gasteiger partial charge in [-0.25, -0.2) is 0 Å². The highest BCUT2D eigenvalue weighted by Gasteiger charge is 2.21. The van der Waals surface area contributed by atoms with Crippen molar-refractivity contribution in [1.82, 2.24) is 9.27 Å². The maximum absolute atomic E-state index is 12.3. The number of amides is 1. The second kappa shape index (κ2) is 10.1. The van der Waals surface area contributed by atoms with Gasteiger partial charge in [-0.1, -0.05) is 30.3 Å². The molecule has 4 rings (SSSR count). The van der Waals surface area contributed by atoms with Crippen LogP contribution in [0.15, 0.2) is 48.5 Å². The summed E-state index contributed by atoms with van der Waals surface area (Å²) in [4.78, 5) is 28.3. The molecule has 7 nitrogen and oxygen atoms in total. The standard InChI is InChI=1S/C24H28N4O3S/c1-17(31-18(2)29)24(30)25-21-9-5-3-7-19(21)11-12-27-13-15-28(16-14-27)23-20-8-4-6-10-22(20)32-26-23/h3-10,17H,11-16H2,1-2H3,(H,25,30). The Morgan fingerprint density at radius 3 is 2.59 bits per heavy atom. The SMILES string of the molecule is CC(=O)OC(C)C(=O)Nc1ccccc1CCN1CCN(c2nsc3ccccc23)CC1. The zero-order valence-electron chi connectivity index (χ0n) is 18.4. The number of nitrogens with one attached hydrogen (secondary N) is 1. The van der Waals surface area contributed by atoms with Crippen molar-refractivity contribution in [2.24, 2.45) is 0 Å². The van der Waals surface area contributed by atoms with Gasteiger partial charge >= 0.3 is 5.97 Å². The molecule has 1 amide bonds. The summed E-state index contributed by atoms with van der Waals surface area (Å²) in [5, 5.41) is 4.13. The fourth-order valence-electron chi connectivity index (χ4n) is 3.96. The van der Waals surface area contributed by atoms with Crippen LogP contribution in [-0.4, -0.2) is 60.0 Å². The molecule has 0 aliphatic carbocycles. The topological polar surface area (TPSA) is 74.8 Å². The number of carbonyl (C=O) groups is 2. The average Bonchev–Trinajstić information content (AvgIpc) is 3.22. The van der Waals surface area contributed by atoms with Crippen LogP contribution in [0.2, 0.25) is 0 Å². The molecule has 1 fully saturated rings. The Morgan fingerprint density at radius 2 is 1.81 bits per heavy atom. The first-order valence-electron chi connectivity index (χ1n) is 10.9. The minimum absolute atomic E-state index is 0.322. The van der Waals surface area contributed by atoms with Gasteiger partial charge in [0.25, 0.3) is 5.91 Å². The average molecular weight is 453 g/mol. The van der Waals surface area contributed by atoms with E-state index in [-0.39, 0.29) is 5.91 Å². The number of carbonyl (C=O) groups excluding carboxylic acids is 2. The lowest BCUT2D eigenvalue weighted by Crippen LogP contribution is -2.47. The van der Waals surface area contributed by atoms with Gasteiger partial charge in [0.05, 0.1) is 4.70 Å². The van der Waals surface area contributed by atoms with Crippen molar-refractivity contribution in [2.45, 2.75) is 26.4 Å². The van der Waals surface area contributed by atoms with E-state index in [9.17, 15) is 9.59 Å². The highest BCUT2D eigenvalue weighted by Crippen LogP contribution is 2.29. The van der Waals surface area contributed by atoms with Gasteiger partial charge in [-0.3, -0.25) is 14.5 Å². The predicted molar refractivity (Wildman–Crippen MR) is 128 cm³/mol. The molecule has 1 N–H and O–H groups in total. The van der Waals surface area contributed by atoms with E-state index >= 15 is 0 Å². The Bertz CT molecular complexity index is 1090. The second-order valence-electron chi connectivity index (χ2n) is 7.98. The quantitative estimate of drug-likeness (QED) is 0.553. The number of fused-ring (bicyclic) bond motifs is 1. The third-order valence-corrected chi connectivity index (χ3v) is 6.53. The van der Waals surface area contributed by atoms with Crippen LogP contribution in [0.4, 0.5) is 11.5 Å². The van der Waals surface area contributed by atoms with Gasteiger partial charge in [-0.2, -0.15) is 4.37 Å². The monoisotopic (exact) mass is 452 g/mol. The molecule has 168 valence electrons. The summed E-state index contributed by atoms with van der Waals surface area (Å²) in [5.41, 5.74) is 1.84. The van der Waals surface area contributed by atoms with Gasteiger partial charge in [0, 0.05) is 50.7 Å². The molecule has 2 aromatic carbocycles. The molecule has 0 bridgehead atoms. The van der Waals surface area contributed by atoms with Crippen LogP contribution in [0.5, 0.6) is 0 Å². The van der Waals surface area contributed by atoms with Crippen molar-refractivity contribution in [3.05, 3.63) is 54.1 Å². The third kappa shape index (κ3) is 5.26. The Hall–Kier alpha value is -2.97. The summed E-state index contributed by atoms with van der Waals surface area (Å²) in [6.45, 7) is 7.64. The molecular formula is C24H28N4O3S. The van der Waals surface area contributed by atoms with E-state index in [1.54, 1.807) is 18.5 Å². The van der Waals surface area contributed by atoms with Gasteiger partial charge in [0.1, 0.15) is 5.82 Å². The molecule has 1 aromatic heterocycles. The van der Waals surface area contributed by atoms with E-state index < -0.39 is 12.1 Å². The summed E-state index contributed by atoms with van der Waals surface area (Å²) >= 11 is 1.56. The summed E-state index contributed by atoms with van der Waals surface area (Å²) in [7, 11) is 0. The predicted octanol–water partition coefficient (Wildman–Crippen LogP) is 3.55. The van der Waals surface area contributed by atoms with Crippen LogP contribution >= 0.6 is 11.5 Å². The van der Waals surface area contributed by atoms with Crippen LogP contribution in [0.3, 0.4) is 0 Å². The minimum atomic E-state index is -0.824. The van der Waals surface area contributed by atoms with Crippen LogP contribution in [0, 0.1) is 0 Å². The van der Waals surface area contributed by atoms with Gasteiger partial charge in [-0.15, -0.1) is 0 Å². The third-order valence-electron chi connectivity index (χ3n) is 5.71. The van der Waals surface area contributed by atoms with E-state index in [2.05, 4.69) is 43.8 Å². The molecule has 0 radical (unpaired) electrons. The number of nitrogens with zero attached hydrogens (tertiary/aromatic N) is 3. The lowest BCUT2D eigenvalue weighted by Gasteiger charge is -2.35. The van der Waals surface area contributed by atoms with E-state index in [4.69, 9.17) is 4.74 Å². The normalized spacial score (nSPS) is 15.5. The van der Waals surface area contributed by atoms with Crippen LogP contribution in [0.1, 0.15) is 19.4 Å². The number of rotatable bonds is 7. The molecule has 0 saturated carbocycles. The number of ether oxygens (including phenoxy) is 1. The highest BCUT2D eigenvalue weighted by molar-refractivity contribution is 7.13. The second-order valence-corrected chi connectivity index (χ2v) is 8.78.